The molecule has 0 bridgehead atoms. The van der Waals surface area contributed by atoms with Crippen LogP contribution in [0.25, 0.3) is 0 Å². The van der Waals surface area contributed by atoms with Gasteiger partial charge in [0.1, 0.15) is 6.04 Å². The molecule has 0 N–H and O–H groups in total. The SMILES string of the molecule is CCS(=O)(=O)N1CCc2cc(C(=O)CN3C(=O)[C@H](C)N(c4ccc(C)cc4)C3=O)ccc21. The Kier molecular flexibility index (Phi) is 5.54. The second-order valence-corrected chi connectivity index (χ2v) is 10.3. The minimum atomic E-state index is -3.37. The molecule has 1 atom stereocenters. The van der Waals surface area contributed by atoms with E-state index in [1.807, 2.05) is 19.1 Å². The number of carbonyl (C=O) groups is 3. The van der Waals surface area contributed by atoms with Crippen LogP contribution < -0.4 is 9.21 Å². The lowest BCUT2D eigenvalue weighted by atomic mass is 10.0. The molecule has 3 amide bonds. The number of hydrogen-bond donors (Lipinski definition) is 0. The summed E-state index contributed by atoms with van der Waals surface area (Å²) in [6, 6.07) is 10.9. The maximum absolute atomic E-state index is 13.0. The van der Waals surface area contributed by atoms with Gasteiger partial charge in [-0.05, 0) is 63.1 Å². The van der Waals surface area contributed by atoms with Crippen molar-refractivity contribution in [3.63, 3.8) is 0 Å². The summed E-state index contributed by atoms with van der Waals surface area (Å²) >= 11 is 0. The number of amides is 3. The summed E-state index contributed by atoms with van der Waals surface area (Å²) in [6.45, 7) is 5.15. The second kappa shape index (κ2) is 8.05. The zero-order valence-electron chi connectivity index (χ0n) is 18.2. The Balaban J connectivity index is 1.54. The Labute approximate surface area is 187 Å². The van der Waals surface area contributed by atoms with Crippen LogP contribution >= 0.6 is 0 Å². The molecule has 9 heteroatoms. The van der Waals surface area contributed by atoms with Gasteiger partial charge >= 0.3 is 6.03 Å². The molecule has 2 aliphatic heterocycles. The Morgan fingerprint density at radius 3 is 2.44 bits per heavy atom. The molecule has 2 aromatic rings. The molecule has 8 nitrogen and oxygen atoms in total. The van der Waals surface area contributed by atoms with E-state index in [9.17, 15) is 22.8 Å². The highest BCUT2D eigenvalue weighted by molar-refractivity contribution is 7.92. The first-order chi connectivity index (χ1) is 15.1. The van der Waals surface area contributed by atoms with E-state index in [2.05, 4.69) is 0 Å². The fourth-order valence-electron chi connectivity index (χ4n) is 4.14. The molecule has 1 fully saturated rings. The van der Waals surface area contributed by atoms with Crippen molar-refractivity contribution in [2.45, 2.75) is 33.2 Å². The molecule has 168 valence electrons. The van der Waals surface area contributed by atoms with Gasteiger partial charge in [-0.2, -0.15) is 0 Å². The fraction of sp³-hybridized carbons (Fsp3) is 0.348. The number of ketones is 1. The van der Waals surface area contributed by atoms with E-state index in [0.717, 1.165) is 16.0 Å². The highest BCUT2D eigenvalue weighted by Crippen LogP contribution is 2.32. The molecule has 0 saturated carbocycles. The third-order valence-electron chi connectivity index (χ3n) is 6.02. The monoisotopic (exact) mass is 455 g/mol. The van der Waals surface area contributed by atoms with Gasteiger partial charge < -0.3 is 0 Å². The average Bonchev–Trinajstić information content (AvgIpc) is 3.29. The smallest absolute Gasteiger partial charge is 0.292 e. The number of carbonyl (C=O) groups excluding carboxylic acids is 3. The summed E-state index contributed by atoms with van der Waals surface area (Å²) < 4.78 is 25.9. The van der Waals surface area contributed by atoms with E-state index in [-0.39, 0.29) is 18.1 Å². The van der Waals surface area contributed by atoms with E-state index in [4.69, 9.17) is 0 Å². The summed E-state index contributed by atoms with van der Waals surface area (Å²) in [6.07, 6.45) is 0.509. The molecular formula is C23H25N3O5S. The van der Waals surface area contributed by atoms with Gasteiger partial charge in [0, 0.05) is 17.8 Å². The minimum Gasteiger partial charge on any atom is -0.292 e. The van der Waals surface area contributed by atoms with Crippen LogP contribution in [0, 0.1) is 6.92 Å². The van der Waals surface area contributed by atoms with E-state index in [1.54, 1.807) is 44.2 Å². The van der Waals surface area contributed by atoms with Crippen molar-refractivity contribution in [1.29, 1.82) is 0 Å². The summed E-state index contributed by atoms with van der Waals surface area (Å²) in [5.41, 5.74) is 3.33. The van der Waals surface area contributed by atoms with Gasteiger partial charge in [0.05, 0.1) is 18.0 Å². The number of aryl methyl sites for hydroxylation is 1. The molecule has 2 aliphatic rings. The predicted octanol–water partition coefficient (Wildman–Crippen LogP) is 2.75. The topological polar surface area (TPSA) is 95.1 Å². The predicted molar refractivity (Wildman–Crippen MR) is 122 cm³/mol. The van der Waals surface area contributed by atoms with Crippen LogP contribution in [0.15, 0.2) is 42.5 Å². The number of hydrogen-bond acceptors (Lipinski definition) is 5. The number of benzene rings is 2. The molecule has 0 spiro atoms. The molecule has 32 heavy (non-hydrogen) atoms. The van der Waals surface area contributed by atoms with Gasteiger partial charge in [0.25, 0.3) is 5.91 Å². The van der Waals surface area contributed by atoms with E-state index in [0.29, 0.717) is 29.9 Å². The lowest BCUT2D eigenvalue weighted by molar-refractivity contribution is -0.126. The highest BCUT2D eigenvalue weighted by atomic mass is 32.2. The average molecular weight is 456 g/mol. The van der Waals surface area contributed by atoms with Gasteiger partial charge in [-0.25, -0.2) is 13.2 Å². The normalized spacial score (nSPS) is 18.5. The van der Waals surface area contributed by atoms with Crippen LogP contribution in [0.4, 0.5) is 16.2 Å². The fourth-order valence-corrected chi connectivity index (χ4v) is 5.29. The van der Waals surface area contributed by atoms with Crippen molar-refractivity contribution < 1.29 is 22.8 Å². The van der Waals surface area contributed by atoms with Crippen molar-refractivity contribution in [3.8, 4) is 0 Å². The Bertz CT molecular complexity index is 1210. The van der Waals surface area contributed by atoms with Gasteiger partial charge in [-0.1, -0.05) is 17.7 Å². The first kappa shape index (κ1) is 22.0. The van der Waals surface area contributed by atoms with Crippen LogP contribution in [-0.2, 0) is 21.2 Å². The molecule has 0 aliphatic carbocycles. The van der Waals surface area contributed by atoms with Crippen LogP contribution in [0.5, 0.6) is 0 Å². The summed E-state index contributed by atoms with van der Waals surface area (Å²) in [5.74, 6) is -0.795. The van der Waals surface area contributed by atoms with Gasteiger partial charge in [0.15, 0.2) is 5.78 Å². The molecule has 2 aromatic carbocycles. The van der Waals surface area contributed by atoms with Crippen molar-refractivity contribution >= 4 is 39.1 Å². The Hall–Kier alpha value is -3.20. The van der Waals surface area contributed by atoms with Gasteiger partial charge in [-0.3, -0.25) is 23.7 Å². The standard InChI is InChI=1S/C23H25N3O5S/c1-4-32(30,31)25-12-11-17-13-18(7-10-20(17)25)21(27)14-24-22(28)16(3)26(23(24)29)19-8-5-15(2)6-9-19/h5-10,13,16H,4,11-12,14H2,1-3H3/t16-/m0/s1. The quantitative estimate of drug-likeness (QED) is 0.493. The number of nitrogens with zero attached hydrogens (tertiary/aromatic N) is 3. The molecule has 1 saturated heterocycles. The van der Waals surface area contributed by atoms with E-state index in [1.165, 1.54) is 9.21 Å². The first-order valence-corrected chi connectivity index (χ1v) is 12.1. The van der Waals surface area contributed by atoms with Crippen molar-refractivity contribution in [2.24, 2.45) is 0 Å². The summed E-state index contributed by atoms with van der Waals surface area (Å²) in [4.78, 5) is 41.0. The number of imide groups is 1. The van der Waals surface area contributed by atoms with Crippen LogP contribution in [0.2, 0.25) is 0 Å². The number of Topliss-reactive ketones (excluding diaryl/α,β-unsaturated/α-hetero) is 1. The zero-order valence-corrected chi connectivity index (χ0v) is 19.1. The molecule has 0 radical (unpaired) electrons. The van der Waals surface area contributed by atoms with Crippen LogP contribution in [-0.4, -0.2) is 55.9 Å². The molecule has 0 unspecified atom stereocenters. The zero-order chi connectivity index (χ0) is 23.2. The van der Waals surface area contributed by atoms with E-state index < -0.39 is 28.0 Å². The number of rotatable bonds is 6. The lowest BCUT2D eigenvalue weighted by Crippen LogP contribution is -2.37. The van der Waals surface area contributed by atoms with E-state index >= 15 is 0 Å². The van der Waals surface area contributed by atoms with Crippen LogP contribution in [0.3, 0.4) is 0 Å². The van der Waals surface area contributed by atoms with Crippen molar-refractivity contribution in [1.82, 2.24) is 4.90 Å². The summed E-state index contributed by atoms with van der Waals surface area (Å²) in [5, 5.41) is 0. The highest BCUT2D eigenvalue weighted by Gasteiger charge is 2.44. The number of urea groups is 1. The number of fused-ring (bicyclic) bond motifs is 1. The molecule has 4 rings (SSSR count). The Morgan fingerprint density at radius 1 is 1.09 bits per heavy atom. The Morgan fingerprint density at radius 2 is 1.78 bits per heavy atom. The molecular weight excluding hydrogens is 430 g/mol. The minimum absolute atomic E-state index is 0.00196. The van der Waals surface area contributed by atoms with Crippen molar-refractivity contribution in [3.05, 3.63) is 59.2 Å². The lowest BCUT2D eigenvalue weighted by Gasteiger charge is -2.19. The first-order valence-electron chi connectivity index (χ1n) is 10.5. The maximum atomic E-state index is 13.0. The third-order valence-corrected chi connectivity index (χ3v) is 7.80. The molecule has 2 heterocycles. The second-order valence-electron chi connectivity index (χ2n) is 8.08. The number of sulfonamides is 1. The van der Waals surface area contributed by atoms with Crippen molar-refractivity contribution in [2.75, 3.05) is 28.0 Å². The van der Waals surface area contributed by atoms with Crippen LogP contribution in [0.1, 0.15) is 35.3 Å². The summed E-state index contributed by atoms with van der Waals surface area (Å²) in [7, 11) is -3.37. The maximum Gasteiger partial charge on any atom is 0.332 e. The molecule has 0 aromatic heterocycles. The largest absolute Gasteiger partial charge is 0.332 e. The number of anilines is 2. The van der Waals surface area contributed by atoms with Gasteiger partial charge in [-0.15, -0.1) is 0 Å². The van der Waals surface area contributed by atoms with Gasteiger partial charge in [0.2, 0.25) is 10.0 Å². The third kappa shape index (κ3) is 3.66.